The molecule has 8 heteroatoms. The third-order valence-corrected chi connectivity index (χ3v) is 5.01. The van der Waals surface area contributed by atoms with Crippen LogP contribution in [0.1, 0.15) is 36.1 Å². The van der Waals surface area contributed by atoms with Crippen LogP contribution >= 0.6 is 0 Å². The van der Waals surface area contributed by atoms with E-state index in [0.29, 0.717) is 29.2 Å². The zero-order chi connectivity index (χ0) is 18.5. The van der Waals surface area contributed by atoms with Gasteiger partial charge in [0.05, 0.1) is 6.26 Å². The Balaban J connectivity index is 1.64. The molecule has 0 bridgehead atoms. The number of fused-ring (bicyclic) bond motifs is 1. The average Bonchev–Trinajstić information content (AvgIpc) is 3.30. The molecule has 0 amide bonds. The van der Waals surface area contributed by atoms with Crippen LogP contribution < -0.4 is 5.32 Å². The van der Waals surface area contributed by atoms with Gasteiger partial charge in [-0.3, -0.25) is 4.79 Å². The van der Waals surface area contributed by atoms with Crippen molar-refractivity contribution in [2.24, 2.45) is 0 Å². The lowest BCUT2D eigenvalue weighted by molar-refractivity contribution is -0.117. The molecule has 0 fully saturated rings. The van der Waals surface area contributed by atoms with Crippen molar-refractivity contribution in [1.82, 2.24) is 14.8 Å². The Morgan fingerprint density at radius 3 is 2.74 bits per heavy atom. The van der Waals surface area contributed by atoms with E-state index in [1.807, 2.05) is 6.07 Å². The van der Waals surface area contributed by atoms with Crippen LogP contribution in [0.15, 0.2) is 58.6 Å². The summed E-state index contributed by atoms with van der Waals surface area (Å²) in [5.74, 6) is -0.458. The zero-order valence-electron chi connectivity index (χ0n) is 14.0. The number of allylic oxidation sites excluding steroid dienone is 2. The highest BCUT2D eigenvalue weighted by Gasteiger charge is 2.40. The van der Waals surface area contributed by atoms with Gasteiger partial charge in [0.25, 0.3) is 0 Å². The summed E-state index contributed by atoms with van der Waals surface area (Å²) in [5, 5.41) is 7.31. The van der Waals surface area contributed by atoms with Crippen LogP contribution in [0, 0.1) is 11.6 Å². The quantitative estimate of drug-likeness (QED) is 0.749. The minimum atomic E-state index is -0.728. The van der Waals surface area contributed by atoms with Crippen molar-refractivity contribution in [2.75, 3.05) is 5.32 Å². The molecule has 2 aromatic heterocycles. The normalized spacial score (nSPS) is 21.6. The monoisotopic (exact) mass is 368 g/mol. The van der Waals surface area contributed by atoms with Gasteiger partial charge in [0.2, 0.25) is 5.95 Å². The van der Waals surface area contributed by atoms with Crippen molar-refractivity contribution >= 4 is 11.7 Å². The summed E-state index contributed by atoms with van der Waals surface area (Å²) < 4.78 is 34.6. The molecule has 0 saturated heterocycles. The summed E-state index contributed by atoms with van der Waals surface area (Å²) in [6.45, 7) is 0. The maximum atomic E-state index is 13.8. The van der Waals surface area contributed by atoms with E-state index < -0.39 is 17.7 Å². The summed E-state index contributed by atoms with van der Waals surface area (Å²) in [4.78, 5) is 17.2. The van der Waals surface area contributed by atoms with Crippen LogP contribution in [0.5, 0.6) is 0 Å². The van der Waals surface area contributed by atoms with Crippen LogP contribution in [0.25, 0.3) is 0 Å². The number of halogens is 2. The number of nitrogens with one attached hydrogen (secondary N) is 1. The van der Waals surface area contributed by atoms with Crippen molar-refractivity contribution in [3.63, 3.8) is 0 Å². The maximum absolute atomic E-state index is 13.8. The number of nitrogens with zero attached hydrogens (tertiary/aromatic N) is 3. The van der Waals surface area contributed by atoms with Crippen molar-refractivity contribution in [3.8, 4) is 0 Å². The van der Waals surface area contributed by atoms with E-state index in [0.717, 1.165) is 11.8 Å². The Kier molecular flexibility index (Phi) is 3.46. The third kappa shape index (κ3) is 2.56. The molecule has 1 aromatic carbocycles. The van der Waals surface area contributed by atoms with Gasteiger partial charge in [-0.2, -0.15) is 10.1 Å². The topological polar surface area (TPSA) is 73.0 Å². The van der Waals surface area contributed by atoms with Gasteiger partial charge in [-0.1, -0.05) is 0 Å². The lowest BCUT2D eigenvalue weighted by Crippen LogP contribution is -2.33. The number of rotatable bonds is 2. The Labute approximate surface area is 152 Å². The largest absolute Gasteiger partial charge is 0.469 e. The summed E-state index contributed by atoms with van der Waals surface area (Å²) in [6, 6.07) is 6.15. The second-order valence-corrected chi connectivity index (χ2v) is 6.69. The van der Waals surface area contributed by atoms with Crippen LogP contribution in [-0.4, -0.2) is 20.5 Å². The van der Waals surface area contributed by atoms with Gasteiger partial charge in [-0.25, -0.2) is 13.5 Å². The minimum Gasteiger partial charge on any atom is -0.469 e. The molecule has 0 unspecified atom stereocenters. The fraction of sp³-hybridized carbons (Fsp3) is 0.211. The molecule has 27 heavy (non-hydrogen) atoms. The number of carbonyl (C=O) groups is 1. The van der Waals surface area contributed by atoms with Gasteiger partial charge in [-0.05, 0) is 36.2 Å². The van der Waals surface area contributed by atoms with E-state index >= 15 is 0 Å². The summed E-state index contributed by atoms with van der Waals surface area (Å²) >= 11 is 0. The van der Waals surface area contributed by atoms with E-state index in [1.165, 1.54) is 23.1 Å². The Hall–Kier alpha value is -3.29. The first-order valence-corrected chi connectivity index (χ1v) is 8.52. The molecule has 136 valence electrons. The van der Waals surface area contributed by atoms with Crippen molar-refractivity contribution in [3.05, 3.63) is 77.2 Å². The number of benzene rings is 1. The number of hydrogen-bond acceptors (Lipinski definition) is 5. The molecule has 1 aliphatic heterocycles. The standard InChI is InChI=1S/C19H14F2N4O2/c20-12-4-11(5-13(21)8-12)18-17-14(24-19-22-9-23-25(18)19)6-10(7-15(17)26)16-2-1-3-27-16/h1-5,8-10,18H,6-7H2,(H,22,23,24)/t10-,18+/m1/s1. The molecule has 2 aliphatic rings. The summed E-state index contributed by atoms with van der Waals surface area (Å²) in [5.41, 5.74) is 1.46. The van der Waals surface area contributed by atoms with Gasteiger partial charge >= 0.3 is 0 Å². The lowest BCUT2D eigenvalue weighted by Gasteiger charge is -2.34. The molecule has 1 N–H and O–H groups in total. The predicted molar refractivity (Wildman–Crippen MR) is 90.9 cm³/mol. The fourth-order valence-electron chi connectivity index (χ4n) is 3.92. The SMILES string of the molecule is O=C1C[C@H](c2ccco2)CC2=C1[C@H](c1cc(F)cc(F)c1)n1ncnc1N2. The molecule has 0 spiro atoms. The number of Topliss-reactive ketones (excluding diaryl/α,β-unsaturated/α-hetero) is 1. The Morgan fingerprint density at radius 1 is 1.19 bits per heavy atom. The molecule has 5 rings (SSSR count). The number of ketones is 1. The van der Waals surface area contributed by atoms with E-state index in [2.05, 4.69) is 15.4 Å². The number of furan rings is 1. The van der Waals surface area contributed by atoms with Crippen LogP contribution in [-0.2, 0) is 4.79 Å². The number of aromatic nitrogens is 3. The van der Waals surface area contributed by atoms with Gasteiger partial charge in [0.15, 0.2) is 5.78 Å². The molecule has 0 radical (unpaired) electrons. The van der Waals surface area contributed by atoms with E-state index in [4.69, 9.17) is 4.42 Å². The lowest BCUT2D eigenvalue weighted by atomic mass is 9.79. The summed E-state index contributed by atoms with van der Waals surface area (Å²) in [6.07, 6.45) is 3.72. The molecule has 2 atom stereocenters. The maximum Gasteiger partial charge on any atom is 0.226 e. The molecular formula is C19H14F2N4O2. The second kappa shape index (κ2) is 5.87. The number of hydrogen-bond donors (Lipinski definition) is 1. The zero-order valence-corrected chi connectivity index (χ0v) is 14.0. The number of anilines is 1. The van der Waals surface area contributed by atoms with E-state index in [1.54, 1.807) is 12.3 Å². The highest BCUT2D eigenvalue weighted by Crippen LogP contribution is 2.43. The highest BCUT2D eigenvalue weighted by molar-refractivity contribution is 6.00. The van der Waals surface area contributed by atoms with E-state index in [-0.39, 0.29) is 18.1 Å². The van der Waals surface area contributed by atoms with Crippen molar-refractivity contribution in [2.45, 2.75) is 24.8 Å². The third-order valence-electron chi connectivity index (χ3n) is 5.01. The highest BCUT2D eigenvalue weighted by atomic mass is 19.1. The van der Waals surface area contributed by atoms with Crippen molar-refractivity contribution in [1.29, 1.82) is 0 Å². The van der Waals surface area contributed by atoms with Gasteiger partial charge < -0.3 is 9.73 Å². The van der Waals surface area contributed by atoms with E-state index in [9.17, 15) is 13.6 Å². The molecule has 6 nitrogen and oxygen atoms in total. The Bertz CT molecular complexity index is 1050. The molecular weight excluding hydrogens is 354 g/mol. The summed E-state index contributed by atoms with van der Waals surface area (Å²) in [7, 11) is 0. The second-order valence-electron chi connectivity index (χ2n) is 6.69. The van der Waals surface area contributed by atoms with Gasteiger partial charge in [0.1, 0.15) is 29.8 Å². The van der Waals surface area contributed by atoms with Crippen LogP contribution in [0.3, 0.4) is 0 Å². The first-order chi connectivity index (χ1) is 13.1. The first kappa shape index (κ1) is 15.9. The van der Waals surface area contributed by atoms with Gasteiger partial charge in [-0.15, -0.1) is 0 Å². The minimum absolute atomic E-state index is 0.0990. The molecule has 1 aliphatic carbocycles. The average molecular weight is 368 g/mol. The Morgan fingerprint density at radius 2 is 2.00 bits per heavy atom. The van der Waals surface area contributed by atoms with Gasteiger partial charge in [0, 0.05) is 29.7 Å². The first-order valence-electron chi connectivity index (χ1n) is 8.52. The molecule has 3 heterocycles. The van der Waals surface area contributed by atoms with Crippen molar-refractivity contribution < 1.29 is 18.0 Å². The predicted octanol–water partition coefficient (Wildman–Crippen LogP) is 3.57. The smallest absolute Gasteiger partial charge is 0.226 e. The van der Waals surface area contributed by atoms with Crippen LogP contribution in [0.2, 0.25) is 0 Å². The number of carbonyl (C=O) groups excluding carboxylic acids is 1. The fourth-order valence-corrected chi connectivity index (χ4v) is 3.92. The van der Waals surface area contributed by atoms with Crippen LogP contribution in [0.4, 0.5) is 14.7 Å². The molecule has 0 saturated carbocycles. The molecule has 3 aromatic rings.